The smallest absolute Gasteiger partial charge is 0.147 e. The maximum Gasteiger partial charge on any atom is 0.147 e. The second kappa shape index (κ2) is 5.83. The van der Waals surface area contributed by atoms with Crippen molar-refractivity contribution < 1.29 is 9.50 Å². The van der Waals surface area contributed by atoms with Gasteiger partial charge >= 0.3 is 0 Å². The first-order valence-corrected chi connectivity index (χ1v) is 6.33. The lowest BCUT2D eigenvalue weighted by molar-refractivity contribution is 0.296. The van der Waals surface area contributed by atoms with Gasteiger partial charge in [0.05, 0.1) is 23.9 Å². The molecule has 0 spiro atoms. The minimum absolute atomic E-state index is 0.00986. The molecule has 3 nitrogen and oxygen atoms in total. The molecule has 2 rings (SSSR count). The molecule has 0 heterocycles. The molecule has 1 fully saturated rings. The van der Waals surface area contributed by atoms with E-state index in [1.165, 1.54) is 6.07 Å². The molecule has 0 bridgehead atoms. The summed E-state index contributed by atoms with van der Waals surface area (Å²) in [6.45, 7) is 0.448. The average molecular weight is 248 g/mol. The Balaban J connectivity index is 2.27. The Morgan fingerprint density at radius 1 is 1.39 bits per heavy atom. The van der Waals surface area contributed by atoms with Crippen LogP contribution in [0.5, 0.6) is 0 Å². The lowest BCUT2D eigenvalue weighted by Crippen LogP contribution is -2.36. The molecule has 96 valence electrons. The van der Waals surface area contributed by atoms with E-state index in [-0.39, 0.29) is 12.4 Å². The van der Waals surface area contributed by atoms with Gasteiger partial charge in [0.15, 0.2) is 0 Å². The molecule has 0 radical (unpaired) electrons. The van der Waals surface area contributed by atoms with Crippen molar-refractivity contribution >= 4 is 5.69 Å². The van der Waals surface area contributed by atoms with Crippen LogP contribution in [0.1, 0.15) is 31.2 Å². The van der Waals surface area contributed by atoms with E-state index in [0.29, 0.717) is 23.8 Å². The molecule has 0 amide bonds. The van der Waals surface area contributed by atoms with Crippen molar-refractivity contribution in [2.75, 3.05) is 18.1 Å². The third-order valence-electron chi connectivity index (χ3n) is 3.49. The highest BCUT2D eigenvalue weighted by atomic mass is 19.1. The molecule has 4 heteroatoms. The quantitative estimate of drug-likeness (QED) is 0.890. The largest absolute Gasteiger partial charge is 0.395 e. The minimum atomic E-state index is -0.380. The molecule has 1 aromatic carbocycles. The van der Waals surface area contributed by atoms with Crippen LogP contribution in [0, 0.1) is 17.1 Å². The summed E-state index contributed by atoms with van der Waals surface area (Å²) < 4.78 is 14.0. The van der Waals surface area contributed by atoms with Crippen LogP contribution in [0.4, 0.5) is 10.1 Å². The van der Waals surface area contributed by atoms with Crippen LogP contribution in [0.3, 0.4) is 0 Å². The number of nitrogens with zero attached hydrogens (tertiary/aromatic N) is 2. The molecule has 1 saturated carbocycles. The molecule has 1 aliphatic rings. The van der Waals surface area contributed by atoms with E-state index in [9.17, 15) is 4.39 Å². The fraction of sp³-hybridized carbons (Fsp3) is 0.500. The van der Waals surface area contributed by atoms with Crippen LogP contribution in [0.2, 0.25) is 0 Å². The van der Waals surface area contributed by atoms with E-state index in [1.807, 2.05) is 11.0 Å². The highest BCUT2D eigenvalue weighted by Crippen LogP contribution is 2.30. The lowest BCUT2D eigenvalue weighted by Gasteiger charge is -2.30. The first-order valence-electron chi connectivity index (χ1n) is 6.33. The van der Waals surface area contributed by atoms with E-state index in [1.54, 1.807) is 12.1 Å². The summed E-state index contributed by atoms with van der Waals surface area (Å²) in [6, 6.07) is 6.75. The van der Waals surface area contributed by atoms with Crippen molar-refractivity contribution in [3.63, 3.8) is 0 Å². The van der Waals surface area contributed by atoms with Crippen LogP contribution in [0.15, 0.2) is 18.2 Å². The Morgan fingerprint density at radius 3 is 2.67 bits per heavy atom. The van der Waals surface area contributed by atoms with Gasteiger partial charge < -0.3 is 10.0 Å². The van der Waals surface area contributed by atoms with Gasteiger partial charge in [0.1, 0.15) is 5.82 Å². The van der Waals surface area contributed by atoms with Gasteiger partial charge in [-0.3, -0.25) is 0 Å². The van der Waals surface area contributed by atoms with E-state index in [0.717, 1.165) is 25.7 Å². The topological polar surface area (TPSA) is 47.3 Å². The summed E-state index contributed by atoms with van der Waals surface area (Å²) in [5, 5.41) is 17.9. The van der Waals surface area contributed by atoms with Crippen LogP contribution in [-0.4, -0.2) is 24.3 Å². The molecule has 1 aliphatic carbocycles. The van der Waals surface area contributed by atoms with Gasteiger partial charge in [-0.05, 0) is 31.0 Å². The molecular formula is C14H17FN2O. The third kappa shape index (κ3) is 2.62. The van der Waals surface area contributed by atoms with E-state index < -0.39 is 0 Å². The van der Waals surface area contributed by atoms with Crippen LogP contribution in [0.25, 0.3) is 0 Å². The van der Waals surface area contributed by atoms with Crippen molar-refractivity contribution in [3.05, 3.63) is 29.6 Å². The fourth-order valence-corrected chi connectivity index (χ4v) is 2.63. The van der Waals surface area contributed by atoms with Gasteiger partial charge in [-0.15, -0.1) is 0 Å². The summed E-state index contributed by atoms with van der Waals surface area (Å²) >= 11 is 0. The van der Waals surface area contributed by atoms with E-state index in [4.69, 9.17) is 10.4 Å². The van der Waals surface area contributed by atoms with Crippen LogP contribution >= 0.6 is 0 Å². The van der Waals surface area contributed by atoms with Gasteiger partial charge in [0, 0.05) is 12.6 Å². The second-order valence-corrected chi connectivity index (χ2v) is 4.63. The Kier molecular flexibility index (Phi) is 4.16. The van der Waals surface area contributed by atoms with Crippen LogP contribution < -0.4 is 4.90 Å². The van der Waals surface area contributed by atoms with Gasteiger partial charge in [-0.1, -0.05) is 12.8 Å². The molecule has 0 atom stereocenters. The highest BCUT2D eigenvalue weighted by molar-refractivity contribution is 5.52. The van der Waals surface area contributed by atoms with Gasteiger partial charge in [-0.2, -0.15) is 5.26 Å². The first kappa shape index (κ1) is 12.8. The molecular weight excluding hydrogens is 231 g/mol. The molecule has 18 heavy (non-hydrogen) atoms. The number of aliphatic hydroxyl groups is 1. The molecule has 1 N–H and O–H groups in total. The maximum absolute atomic E-state index is 14.0. The SMILES string of the molecule is N#Cc1ccc(N(CCO)C2CCCC2)c(F)c1. The predicted octanol–water partition coefficient (Wildman–Crippen LogP) is 2.44. The number of rotatable bonds is 4. The minimum Gasteiger partial charge on any atom is -0.395 e. The molecule has 0 aliphatic heterocycles. The number of anilines is 1. The Hall–Kier alpha value is -1.60. The number of nitriles is 1. The Morgan fingerprint density at radius 2 is 2.11 bits per heavy atom. The molecule has 0 saturated heterocycles. The number of aliphatic hydroxyl groups excluding tert-OH is 1. The van der Waals surface area contributed by atoms with E-state index >= 15 is 0 Å². The van der Waals surface area contributed by atoms with Crippen molar-refractivity contribution in [3.8, 4) is 6.07 Å². The number of hydrogen-bond donors (Lipinski definition) is 1. The lowest BCUT2D eigenvalue weighted by atomic mass is 10.1. The predicted molar refractivity (Wildman–Crippen MR) is 67.8 cm³/mol. The summed E-state index contributed by atoms with van der Waals surface area (Å²) in [5.41, 5.74) is 0.821. The van der Waals surface area contributed by atoms with Gasteiger partial charge in [0.25, 0.3) is 0 Å². The van der Waals surface area contributed by atoms with Gasteiger partial charge in [-0.25, -0.2) is 4.39 Å². The molecule has 0 aromatic heterocycles. The molecule has 1 aromatic rings. The number of halogens is 1. The zero-order valence-electron chi connectivity index (χ0n) is 10.3. The Labute approximate surface area is 106 Å². The normalized spacial score (nSPS) is 15.6. The summed E-state index contributed by atoms with van der Waals surface area (Å²) in [7, 11) is 0. The first-order chi connectivity index (χ1) is 8.76. The van der Waals surface area contributed by atoms with Crippen LogP contribution in [-0.2, 0) is 0 Å². The van der Waals surface area contributed by atoms with E-state index in [2.05, 4.69) is 0 Å². The van der Waals surface area contributed by atoms with Crippen molar-refractivity contribution in [1.82, 2.24) is 0 Å². The molecule has 0 unspecified atom stereocenters. The zero-order chi connectivity index (χ0) is 13.0. The highest BCUT2D eigenvalue weighted by Gasteiger charge is 2.24. The maximum atomic E-state index is 14.0. The number of benzene rings is 1. The average Bonchev–Trinajstić information content (AvgIpc) is 2.90. The standard InChI is InChI=1S/C14H17FN2O/c15-13-9-11(10-16)5-6-14(13)17(7-8-18)12-3-1-2-4-12/h5-6,9,12,18H,1-4,7-8H2. The third-order valence-corrected chi connectivity index (χ3v) is 3.49. The fourth-order valence-electron chi connectivity index (χ4n) is 2.63. The summed E-state index contributed by atoms with van der Waals surface area (Å²) in [6.07, 6.45) is 4.40. The van der Waals surface area contributed by atoms with Crippen molar-refractivity contribution in [1.29, 1.82) is 5.26 Å². The number of hydrogen-bond acceptors (Lipinski definition) is 3. The van der Waals surface area contributed by atoms with Crippen molar-refractivity contribution in [2.45, 2.75) is 31.7 Å². The van der Waals surface area contributed by atoms with Crippen molar-refractivity contribution in [2.24, 2.45) is 0 Å². The van der Waals surface area contributed by atoms with Gasteiger partial charge in [0.2, 0.25) is 0 Å². The zero-order valence-corrected chi connectivity index (χ0v) is 10.3. The second-order valence-electron chi connectivity index (χ2n) is 4.63. The monoisotopic (exact) mass is 248 g/mol. The summed E-state index contributed by atoms with van der Waals surface area (Å²) in [4.78, 5) is 1.93. The Bertz CT molecular complexity index is 450. The summed E-state index contributed by atoms with van der Waals surface area (Å²) in [5.74, 6) is -0.380.